The number of rotatable bonds is 6. The van der Waals surface area contributed by atoms with E-state index >= 15 is 0 Å². The highest BCUT2D eigenvalue weighted by Crippen LogP contribution is 2.13. The molecular formula is C15H19N3O4. The van der Waals surface area contributed by atoms with Gasteiger partial charge in [-0.05, 0) is 38.1 Å². The highest BCUT2D eigenvalue weighted by Gasteiger charge is 2.33. The fourth-order valence-corrected chi connectivity index (χ4v) is 1.54. The first-order valence-corrected chi connectivity index (χ1v) is 6.56. The van der Waals surface area contributed by atoms with Crippen LogP contribution in [0.25, 0.3) is 0 Å². The number of carbonyl (C=O) groups excluding carboxylic acids is 2. The van der Waals surface area contributed by atoms with E-state index in [2.05, 4.69) is 17.2 Å². The van der Waals surface area contributed by atoms with Crippen LogP contribution in [0.2, 0.25) is 0 Å². The van der Waals surface area contributed by atoms with Crippen LogP contribution in [0.4, 0.5) is 0 Å². The van der Waals surface area contributed by atoms with Crippen LogP contribution >= 0.6 is 0 Å². The lowest BCUT2D eigenvalue weighted by Gasteiger charge is -2.26. The van der Waals surface area contributed by atoms with Crippen molar-refractivity contribution >= 4 is 11.8 Å². The van der Waals surface area contributed by atoms with Crippen molar-refractivity contribution < 1.29 is 19.5 Å². The molecule has 1 atom stereocenters. The van der Waals surface area contributed by atoms with E-state index in [1.54, 1.807) is 31.2 Å². The number of ether oxygens (including phenoxy) is 1. The summed E-state index contributed by atoms with van der Waals surface area (Å²) in [6.07, 6.45) is 0. The molecule has 2 amide bonds. The molecule has 0 aliphatic heterocycles. The Hall–Kier alpha value is -2.56. The van der Waals surface area contributed by atoms with Crippen molar-refractivity contribution in [3.05, 3.63) is 29.8 Å². The summed E-state index contributed by atoms with van der Waals surface area (Å²) in [6.45, 7) is 3.23. The van der Waals surface area contributed by atoms with Gasteiger partial charge in [0.25, 0.3) is 11.8 Å². The van der Waals surface area contributed by atoms with Crippen LogP contribution in [0.1, 0.15) is 24.2 Å². The molecule has 0 aliphatic rings. The molecule has 7 nitrogen and oxygen atoms in total. The number of hydrogen-bond donors (Lipinski definition) is 4. The summed E-state index contributed by atoms with van der Waals surface area (Å²) < 4.78 is 5.34. The number of nitrogens with one attached hydrogen (secondary N) is 2. The van der Waals surface area contributed by atoms with Gasteiger partial charge < -0.3 is 15.8 Å². The Morgan fingerprint density at radius 1 is 1.36 bits per heavy atom. The van der Waals surface area contributed by atoms with E-state index in [9.17, 15) is 9.59 Å². The quantitative estimate of drug-likeness (QED) is 0.337. The Labute approximate surface area is 128 Å². The average molecular weight is 305 g/mol. The average Bonchev–Trinajstić information content (AvgIpc) is 2.54. The number of hydrogen-bond acceptors (Lipinski definition) is 5. The van der Waals surface area contributed by atoms with Gasteiger partial charge in [0, 0.05) is 12.1 Å². The maximum absolute atomic E-state index is 12.1. The lowest BCUT2D eigenvalue weighted by atomic mass is 10.0. The third kappa shape index (κ3) is 4.48. The monoisotopic (exact) mass is 305 g/mol. The summed E-state index contributed by atoms with van der Waals surface area (Å²) in [4.78, 5) is 23.7. The molecule has 0 heterocycles. The molecule has 0 bridgehead atoms. The number of nitrogens with two attached hydrogens (primary N) is 1. The van der Waals surface area contributed by atoms with E-state index < -0.39 is 17.4 Å². The first-order valence-electron chi connectivity index (χ1n) is 6.56. The molecular weight excluding hydrogens is 286 g/mol. The van der Waals surface area contributed by atoms with Crippen LogP contribution in [0.15, 0.2) is 24.3 Å². The van der Waals surface area contributed by atoms with E-state index in [-0.39, 0.29) is 13.2 Å². The normalized spacial score (nSPS) is 12.4. The van der Waals surface area contributed by atoms with Crippen molar-refractivity contribution in [2.75, 3.05) is 13.2 Å². The minimum Gasteiger partial charge on any atom is -0.481 e. The number of amides is 2. The lowest BCUT2D eigenvalue weighted by Crippen LogP contribution is -2.60. The second-order valence-electron chi connectivity index (χ2n) is 4.67. The van der Waals surface area contributed by atoms with Crippen molar-refractivity contribution in [3.8, 4) is 17.6 Å². The summed E-state index contributed by atoms with van der Waals surface area (Å²) >= 11 is 0. The van der Waals surface area contributed by atoms with Gasteiger partial charge in [-0.15, -0.1) is 5.92 Å². The van der Waals surface area contributed by atoms with Crippen molar-refractivity contribution in [2.24, 2.45) is 5.73 Å². The predicted octanol–water partition coefficient (Wildman–Crippen LogP) is 0.0413. The first-order chi connectivity index (χ1) is 10.5. The van der Waals surface area contributed by atoms with Gasteiger partial charge in [0.15, 0.2) is 0 Å². The highest BCUT2D eigenvalue weighted by atomic mass is 16.5. The van der Waals surface area contributed by atoms with Gasteiger partial charge in [0.2, 0.25) is 0 Å². The second-order valence-corrected chi connectivity index (χ2v) is 4.67. The summed E-state index contributed by atoms with van der Waals surface area (Å²) in [5.41, 5.74) is 5.89. The molecule has 1 aromatic carbocycles. The first kappa shape index (κ1) is 17.5. The van der Waals surface area contributed by atoms with E-state index in [1.165, 1.54) is 12.4 Å². The van der Waals surface area contributed by atoms with Crippen LogP contribution in [-0.4, -0.2) is 35.7 Å². The fourth-order valence-electron chi connectivity index (χ4n) is 1.54. The van der Waals surface area contributed by atoms with Crippen molar-refractivity contribution in [1.29, 1.82) is 0 Å². The Morgan fingerprint density at radius 2 is 2.00 bits per heavy atom. The molecule has 5 N–H and O–H groups in total. The Bertz CT molecular complexity index is 589. The molecule has 0 saturated carbocycles. The van der Waals surface area contributed by atoms with Crippen LogP contribution in [0.5, 0.6) is 5.75 Å². The predicted molar refractivity (Wildman–Crippen MR) is 80.2 cm³/mol. The molecule has 1 rings (SSSR count). The smallest absolute Gasteiger partial charge is 0.270 e. The minimum absolute atomic E-state index is 0.165. The van der Waals surface area contributed by atoms with Crippen molar-refractivity contribution in [1.82, 2.24) is 10.8 Å². The van der Waals surface area contributed by atoms with Gasteiger partial charge in [0.05, 0.1) is 0 Å². The topological polar surface area (TPSA) is 114 Å². The van der Waals surface area contributed by atoms with Crippen molar-refractivity contribution in [3.63, 3.8) is 0 Å². The lowest BCUT2D eigenvalue weighted by molar-refractivity contribution is -0.134. The zero-order valence-electron chi connectivity index (χ0n) is 12.5. The summed E-state index contributed by atoms with van der Waals surface area (Å²) in [6, 6.07) is 6.35. The summed E-state index contributed by atoms with van der Waals surface area (Å²) in [7, 11) is 0. The maximum Gasteiger partial charge on any atom is 0.270 e. The van der Waals surface area contributed by atoms with Gasteiger partial charge >= 0.3 is 0 Å². The molecule has 0 radical (unpaired) electrons. The third-order valence-corrected chi connectivity index (χ3v) is 3.00. The van der Waals surface area contributed by atoms with Crippen LogP contribution < -0.4 is 21.3 Å². The second kappa shape index (κ2) is 8.02. The standard InChI is InChI=1S/C15H19N3O4/c1-3-4-9-22-12-7-5-11(6-8-12)13(19)17-15(2,10-16)14(20)18-21/h5-8,21H,9-10,16H2,1-2H3,(H,17,19)(H,18,20)/t15-/m0/s1. The molecule has 1 aromatic rings. The van der Waals surface area contributed by atoms with E-state index in [0.717, 1.165) is 0 Å². The Balaban J connectivity index is 2.76. The molecule has 22 heavy (non-hydrogen) atoms. The number of carbonyl (C=O) groups is 2. The van der Waals surface area contributed by atoms with Gasteiger partial charge in [-0.3, -0.25) is 14.8 Å². The zero-order chi connectivity index (χ0) is 16.6. The van der Waals surface area contributed by atoms with Crippen LogP contribution in [-0.2, 0) is 4.79 Å². The van der Waals surface area contributed by atoms with E-state index in [1.807, 2.05) is 0 Å². The molecule has 0 fully saturated rings. The third-order valence-electron chi connectivity index (χ3n) is 3.00. The molecule has 0 saturated heterocycles. The molecule has 118 valence electrons. The maximum atomic E-state index is 12.1. The Kier molecular flexibility index (Phi) is 6.38. The zero-order valence-corrected chi connectivity index (χ0v) is 12.5. The fraction of sp³-hybridized carbons (Fsp3) is 0.333. The molecule has 0 spiro atoms. The van der Waals surface area contributed by atoms with Gasteiger partial charge in [-0.25, -0.2) is 5.48 Å². The summed E-state index contributed by atoms with van der Waals surface area (Å²) in [5.74, 6) is 4.76. The van der Waals surface area contributed by atoms with E-state index in [0.29, 0.717) is 11.3 Å². The highest BCUT2D eigenvalue weighted by molar-refractivity contribution is 5.99. The largest absolute Gasteiger partial charge is 0.481 e. The molecule has 0 aromatic heterocycles. The minimum atomic E-state index is -1.41. The van der Waals surface area contributed by atoms with Crippen molar-refractivity contribution in [2.45, 2.75) is 19.4 Å². The Morgan fingerprint density at radius 3 is 2.50 bits per heavy atom. The molecule has 0 aliphatic carbocycles. The SMILES string of the molecule is CC#CCOc1ccc(C(=O)N[C@@](C)(CN)C(=O)NO)cc1. The molecule has 7 heteroatoms. The van der Waals surface area contributed by atoms with Crippen LogP contribution in [0, 0.1) is 11.8 Å². The number of benzene rings is 1. The summed E-state index contributed by atoms with van der Waals surface area (Å²) in [5, 5.41) is 11.2. The molecule has 0 unspecified atom stereocenters. The number of hydroxylamine groups is 1. The van der Waals surface area contributed by atoms with Gasteiger partial charge in [-0.2, -0.15) is 0 Å². The van der Waals surface area contributed by atoms with E-state index in [4.69, 9.17) is 15.7 Å². The van der Waals surface area contributed by atoms with Gasteiger partial charge in [-0.1, -0.05) is 5.92 Å². The van der Waals surface area contributed by atoms with Crippen LogP contribution in [0.3, 0.4) is 0 Å². The van der Waals surface area contributed by atoms with Gasteiger partial charge in [0.1, 0.15) is 17.9 Å².